The number of fused-ring (bicyclic) bond motifs is 2. The molecule has 0 spiro atoms. The van der Waals surface area contributed by atoms with Crippen molar-refractivity contribution in [1.82, 2.24) is 24.0 Å². The SMILES string of the molecule is Cc1cn2nc(-c3cc(=O)n4cc(OBO)ccc4n3)cc2c(C)n1. The van der Waals surface area contributed by atoms with E-state index in [0.29, 0.717) is 22.8 Å². The van der Waals surface area contributed by atoms with Crippen molar-refractivity contribution in [2.75, 3.05) is 0 Å². The number of hydrogen-bond acceptors (Lipinski definition) is 6. The maximum absolute atomic E-state index is 12.4. The van der Waals surface area contributed by atoms with E-state index in [1.165, 1.54) is 16.7 Å². The van der Waals surface area contributed by atoms with Crippen molar-refractivity contribution in [2.45, 2.75) is 13.8 Å². The minimum atomic E-state index is -0.459. The quantitative estimate of drug-likeness (QED) is 0.553. The van der Waals surface area contributed by atoms with Gasteiger partial charge in [-0.2, -0.15) is 5.10 Å². The van der Waals surface area contributed by atoms with Gasteiger partial charge in [0.2, 0.25) is 0 Å². The van der Waals surface area contributed by atoms with Crippen LogP contribution in [0.2, 0.25) is 0 Å². The van der Waals surface area contributed by atoms with Crippen molar-refractivity contribution in [1.29, 1.82) is 0 Å². The molecule has 1 N–H and O–H groups in total. The normalized spacial score (nSPS) is 11.2. The van der Waals surface area contributed by atoms with E-state index >= 15 is 0 Å². The highest BCUT2D eigenvalue weighted by Gasteiger charge is 2.11. The van der Waals surface area contributed by atoms with E-state index in [4.69, 9.17) is 9.68 Å². The lowest BCUT2D eigenvalue weighted by Gasteiger charge is -2.05. The molecule has 9 heteroatoms. The summed E-state index contributed by atoms with van der Waals surface area (Å²) in [5, 5.41) is 13.3. The van der Waals surface area contributed by atoms with Gasteiger partial charge in [0.25, 0.3) is 5.56 Å². The van der Waals surface area contributed by atoms with Crippen LogP contribution in [0.4, 0.5) is 0 Å². The third-order valence-corrected chi connectivity index (χ3v) is 3.89. The number of pyridine rings is 1. The van der Waals surface area contributed by atoms with Crippen LogP contribution in [0.15, 0.2) is 41.5 Å². The summed E-state index contributed by atoms with van der Waals surface area (Å²) >= 11 is 0. The number of aryl methyl sites for hydroxylation is 2. The van der Waals surface area contributed by atoms with E-state index in [2.05, 4.69) is 15.1 Å². The van der Waals surface area contributed by atoms with Crippen molar-refractivity contribution < 1.29 is 9.68 Å². The van der Waals surface area contributed by atoms with Gasteiger partial charge in [-0.05, 0) is 32.0 Å². The molecular weight excluding hydrogens is 321 g/mol. The molecule has 25 heavy (non-hydrogen) atoms. The van der Waals surface area contributed by atoms with Crippen LogP contribution in [0, 0.1) is 13.8 Å². The molecule has 0 aliphatic heterocycles. The second-order valence-corrected chi connectivity index (χ2v) is 5.67. The lowest BCUT2D eigenvalue weighted by Crippen LogP contribution is -2.15. The molecule has 0 aliphatic rings. The van der Waals surface area contributed by atoms with Crippen molar-refractivity contribution in [3.8, 4) is 17.1 Å². The van der Waals surface area contributed by atoms with Gasteiger partial charge >= 0.3 is 7.69 Å². The molecule has 4 rings (SSSR count). The Balaban J connectivity index is 1.88. The summed E-state index contributed by atoms with van der Waals surface area (Å²) in [7, 11) is -0.459. The number of aromatic nitrogens is 5. The molecule has 0 fully saturated rings. The Labute approximate surface area is 142 Å². The largest absolute Gasteiger partial charge is 0.538 e. The minimum Gasteiger partial charge on any atom is -0.538 e. The summed E-state index contributed by atoms with van der Waals surface area (Å²) < 4.78 is 8.10. The molecule has 0 amide bonds. The Kier molecular flexibility index (Phi) is 3.50. The molecule has 4 heterocycles. The molecular formula is C16H14BN5O3. The van der Waals surface area contributed by atoms with Crippen LogP contribution in [-0.4, -0.2) is 36.7 Å². The Morgan fingerprint density at radius 3 is 2.76 bits per heavy atom. The van der Waals surface area contributed by atoms with E-state index in [9.17, 15) is 4.79 Å². The zero-order valence-electron chi connectivity index (χ0n) is 13.7. The van der Waals surface area contributed by atoms with Gasteiger partial charge in [-0.15, -0.1) is 0 Å². The summed E-state index contributed by atoms with van der Waals surface area (Å²) in [4.78, 5) is 21.3. The highest BCUT2D eigenvalue weighted by Crippen LogP contribution is 2.20. The predicted molar refractivity (Wildman–Crippen MR) is 92.9 cm³/mol. The highest BCUT2D eigenvalue weighted by molar-refractivity contribution is 6.17. The maximum Gasteiger partial charge on any atom is 0.504 e. The van der Waals surface area contributed by atoms with E-state index in [0.717, 1.165) is 16.9 Å². The van der Waals surface area contributed by atoms with Crippen LogP contribution in [0.3, 0.4) is 0 Å². The molecule has 0 radical (unpaired) electrons. The zero-order chi connectivity index (χ0) is 17.6. The average Bonchev–Trinajstić information content (AvgIpc) is 3.00. The van der Waals surface area contributed by atoms with Crippen LogP contribution in [0.25, 0.3) is 22.6 Å². The van der Waals surface area contributed by atoms with Gasteiger partial charge in [0, 0.05) is 6.07 Å². The van der Waals surface area contributed by atoms with Crippen molar-refractivity contribution in [2.24, 2.45) is 0 Å². The fraction of sp³-hybridized carbons (Fsp3) is 0.125. The number of nitrogens with zero attached hydrogens (tertiary/aromatic N) is 5. The van der Waals surface area contributed by atoms with Crippen LogP contribution in [0.1, 0.15) is 11.4 Å². The van der Waals surface area contributed by atoms with Gasteiger partial charge in [-0.3, -0.25) is 14.2 Å². The Morgan fingerprint density at radius 1 is 1.12 bits per heavy atom. The third-order valence-electron chi connectivity index (χ3n) is 3.89. The Bertz CT molecular complexity index is 1170. The van der Waals surface area contributed by atoms with E-state index < -0.39 is 7.69 Å². The van der Waals surface area contributed by atoms with E-state index in [-0.39, 0.29) is 5.56 Å². The van der Waals surface area contributed by atoms with Crippen molar-refractivity contribution in [3.63, 3.8) is 0 Å². The van der Waals surface area contributed by atoms with Gasteiger partial charge in [0.15, 0.2) is 0 Å². The van der Waals surface area contributed by atoms with E-state index in [1.54, 1.807) is 16.6 Å². The summed E-state index contributed by atoms with van der Waals surface area (Å²) in [6.45, 7) is 3.82. The first-order chi connectivity index (χ1) is 12.0. The van der Waals surface area contributed by atoms with Crippen molar-refractivity contribution in [3.05, 3.63) is 58.4 Å². The first-order valence-corrected chi connectivity index (χ1v) is 7.66. The zero-order valence-corrected chi connectivity index (χ0v) is 13.7. The van der Waals surface area contributed by atoms with Crippen LogP contribution >= 0.6 is 0 Å². The smallest absolute Gasteiger partial charge is 0.504 e. The first-order valence-electron chi connectivity index (χ1n) is 7.66. The summed E-state index contributed by atoms with van der Waals surface area (Å²) in [5.74, 6) is 0.386. The van der Waals surface area contributed by atoms with Crippen LogP contribution in [-0.2, 0) is 0 Å². The molecule has 0 saturated heterocycles. The molecule has 124 valence electrons. The second-order valence-electron chi connectivity index (χ2n) is 5.67. The fourth-order valence-corrected chi connectivity index (χ4v) is 2.79. The highest BCUT2D eigenvalue weighted by atomic mass is 16.5. The molecule has 0 atom stereocenters. The Morgan fingerprint density at radius 2 is 1.96 bits per heavy atom. The summed E-state index contributed by atoms with van der Waals surface area (Å²) in [5.41, 5.74) is 3.90. The third kappa shape index (κ3) is 2.64. The molecule has 8 nitrogen and oxygen atoms in total. The molecule has 0 aromatic carbocycles. The standard InChI is InChI=1S/C16H14BN5O3/c1-9-7-22-14(10(2)18-9)5-13(20-22)12-6-16(23)21-8-11(25-17-24)3-4-15(21)19-12/h3-8,17,24H,1-2H3. The molecule has 0 unspecified atom stereocenters. The fourth-order valence-electron chi connectivity index (χ4n) is 2.79. The average molecular weight is 335 g/mol. The van der Waals surface area contributed by atoms with Gasteiger partial charge in [0.05, 0.1) is 35.0 Å². The lowest BCUT2D eigenvalue weighted by molar-refractivity contribution is 0.452. The van der Waals surface area contributed by atoms with Crippen LogP contribution in [0.5, 0.6) is 5.75 Å². The maximum atomic E-state index is 12.4. The van der Waals surface area contributed by atoms with Gasteiger partial charge in [-0.1, -0.05) is 0 Å². The molecule has 4 aromatic heterocycles. The second kappa shape index (κ2) is 5.71. The number of rotatable bonds is 3. The molecule has 0 bridgehead atoms. The summed E-state index contributed by atoms with van der Waals surface area (Å²) in [6, 6.07) is 6.59. The monoisotopic (exact) mass is 335 g/mol. The minimum absolute atomic E-state index is 0.258. The predicted octanol–water partition coefficient (Wildman–Crippen LogP) is 0.659. The first kappa shape index (κ1) is 15.3. The van der Waals surface area contributed by atoms with Crippen molar-refractivity contribution >= 4 is 18.8 Å². The lowest BCUT2D eigenvalue weighted by atomic mass is 10.2. The van der Waals surface area contributed by atoms with Gasteiger partial charge in [0.1, 0.15) is 17.1 Å². The molecule has 4 aromatic rings. The van der Waals surface area contributed by atoms with Crippen LogP contribution < -0.4 is 10.2 Å². The summed E-state index contributed by atoms with van der Waals surface area (Å²) in [6.07, 6.45) is 3.32. The van der Waals surface area contributed by atoms with Gasteiger partial charge < -0.3 is 9.68 Å². The topological polar surface area (TPSA) is 94.0 Å². The molecule has 0 saturated carbocycles. The van der Waals surface area contributed by atoms with Gasteiger partial charge in [-0.25, -0.2) is 9.50 Å². The Hall–Kier alpha value is -3.20. The number of hydrogen-bond donors (Lipinski definition) is 1. The van der Waals surface area contributed by atoms with E-state index in [1.807, 2.05) is 26.1 Å². The molecule has 0 aliphatic carbocycles.